The number of aryl methyl sites for hydroxylation is 2. The number of nitrogens with zero attached hydrogens (tertiary/aromatic N) is 2. The molecule has 7 nitrogen and oxygen atoms in total. The summed E-state index contributed by atoms with van der Waals surface area (Å²) in [4.78, 5) is 31.4. The minimum absolute atomic E-state index is 0.0434. The molecule has 1 saturated heterocycles. The van der Waals surface area contributed by atoms with Crippen LogP contribution in [-0.4, -0.2) is 58.3 Å². The summed E-state index contributed by atoms with van der Waals surface area (Å²) in [7, 11) is 1.49. The zero-order valence-electron chi connectivity index (χ0n) is 17.0. The summed E-state index contributed by atoms with van der Waals surface area (Å²) in [6, 6.07) is 11.1. The molecule has 0 spiro atoms. The summed E-state index contributed by atoms with van der Waals surface area (Å²) in [6.07, 6.45) is 1.98. The first-order valence-electron chi connectivity index (χ1n) is 10.3. The smallest absolute Gasteiger partial charge is 0.312 e. The van der Waals surface area contributed by atoms with Crippen molar-refractivity contribution in [1.29, 1.82) is 0 Å². The Morgan fingerprint density at radius 3 is 2.70 bits per heavy atom. The first-order valence-corrected chi connectivity index (χ1v) is 10.3. The van der Waals surface area contributed by atoms with Gasteiger partial charge in [0.05, 0.1) is 13.2 Å². The molecule has 1 aliphatic heterocycles. The third kappa shape index (κ3) is 3.54. The highest BCUT2D eigenvalue weighted by atomic mass is 16.5. The fourth-order valence-electron chi connectivity index (χ4n) is 4.58. The maximum absolute atomic E-state index is 13.2. The second-order valence-electron chi connectivity index (χ2n) is 8.15. The van der Waals surface area contributed by atoms with Gasteiger partial charge in [0.25, 0.3) is 5.91 Å². The molecule has 1 amide bonds. The van der Waals surface area contributed by atoms with Gasteiger partial charge in [0, 0.05) is 18.8 Å². The van der Waals surface area contributed by atoms with Crippen molar-refractivity contribution >= 4 is 11.9 Å². The van der Waals surface area contributed by atoms with E-state index in [0.717, 1.165) is 36.1 Å². The molecule has 0 saturated carbocycles. The van der Waals surface area contributed by atoms with Gasteiger partial charge < -0.3 is 19.8 Å². The molecule has 0 radical (unpaired) electrons. The van der Waals surface area contributed by atoms with E-state index in [-0.39, 0.29) is 37.7 Å². The van der Waals surface area contributed by atoms with Crippen LogP contribution in [0.3, 0.4) is 0 Å². The number of carboxylic acids is 1. The SMILES string of the molecule is COc1nc2c(cc1C(=O)N1CC[C@](Cc3ccccc3)(C(=O)O)[C@@H](O)C1)CCC2. The highest BCUT2D eigenvalue weighted by Crippen LogP contribution is 2.37. The molecule has 2 aromatic rings. The fraction of sp³-hybridized carbons (Fsp3) is 0.435. The van der Waals surface area contributed by atoms with E-state index in [1.807, 2.05) is 36.4 Å². The Labute approximate surface area is 175 Å². The van der Waals surface area contributed by atoms with Gasteiger partial charge >= 0.3 is 5.97 Å². The molecule has 2 atom stereocenters. The number of likely N-dealkylation sites (tertiary alicyclic amines) is 1. The van der Waals surface area contributed by atoms with Gasteiger partial charge in [0.15, 0.2) is 0 Å². The van der Waals surface area contributed by atoms with Crippen LogP contribution in [0, 0.1) is 5.41 Å². The first kappa shape index (κ1) is 20.3. The van der Waals surface area contributed by atoms with E-state index in [1.165, 1.54) is 12.0 Å². The summed E-state index contributed by atoms with van der Waals surface area (Å²) < 4.78 is 5.35. The van der Waals surface area contributed by atoms with Gasteiger partial charge in [-0.2, -0.15) is 0 Å². The van der Waals surface area contributed by atoms with E-state index in [9.17, 15) is 19.8 Å². The number of amides is 1. The number of methoxy groups -OCH3 is 1. The van der Waals surface area contributed by atoms with Crippen LogP contribution < -0.4 is 4.74 Å². The highest BCUT2D eigenvalue weighted by molar-refractivity contribution is 5.97. The van der Waals surface area contributed by atoms with Crippen molar-refractivity contribution < 1.29 is 24.5 Å². The van der Waals surface area contributed by atoms with Crippen molar-refractivity contribution in [1.82, 2.24) is 9.88 Å². The Morgan fingerprint density at radius 2 is 2.03 bits per heavy atom. The molecule has 0 unspecified atom stereocenters. The number of rotatable bonds is 5. The number of carbonyl (C=O) groups excluding carboxylic acids is 1. The van der Waals surface area contributed by atoms with Crippen molar-refractivity contribution in [3.63, 3.8) is 0 Å². The average molecular weight is 410 g/mol. The zero-order valence-corrected chi connectivity index (χ0v) is 17.0. The second-order valence-corrected chi connectivity index (χ2v) is 8.15. The van der Waals surface area contributed by atoms with Gasteiger partial charge in [-0.05, 0) is 49.3 Å². The van der Waals surface area contributed by atoms with E-state index >= 15 is 0 Å². The third-order valence-electron chi connectivity index (χ3n) is 6.37. The van der Waals surface area contributed by atoms with E-state index in [2.05, 4.69) is 4.98 Å². The number of hydrogen-bond acceptors (Lipinski definition) is 5. The monoisotopic (exact) mass is 410 g/mol. The second kappa shape index (κ2) is 8.07. The lowest BCUT2D eigenvalue weighted by atomic mass is 9.71. The number of hydrogen-bond donors (Lipinski definition) is 2. The number of piperidine rings is 1. The van der Waals surface area contributed by atoms with Crippen molar-refractivity contribution in [2.45, 2.75) is 38.2 Å². The zero-order chi connectivity index (χ0) is 21.3. The van der Waals surface area contributed by atoms with Gasteiger partial charge in [-0.1, -0.05) is 30.3 Å². The molecule has 0 bridgehead atoms. The number of ether oxygens (including phenoxy) is 1. The standard InChI is InChI=1S/C23H26N2O5/c1-30-20-17(12-16-8-5-9-18(16)24-20)21(27)25-11-10-23(22(28)29,19(26)14-25)13-15-6-3-2-4-7-15/h2-4,6-7,12,19,26H,5,8-11,13-14H2,1H3,(H,28,29)/t19-,23+/m0/s1. The maximum Gasteiger partial charge on any atom is 0.312 e. The molecular weight excluding hydrogens is 384 g/mol. The van der Waals surface area contributed by atoms with E-state index in [0.29, 0.717) is 5.56 Å². The lowest BCUT2D eigenvalue weighted by Crippen LogP contribution is -2.57. The quantitative estimate of drug-likeness (QED) is 0.783. The van der Waals surface area contributed by atoms with Gasteiger partial charge in [-0.15, -0.1) is 0 Å². The molecule has 1 aromatic heterocycles. The summed E-state index contributed by atoms with van der Waals surface area (Å²) >= 11 is 0. The Balaban J connectivity index is 1.56. The number of β-amino-alcohol motifs (C(OH)–C–C–N with tert-alkyl or cyclic N) is 1. The number of fused-ring (bicyclic) bond motifs is 1. The molecule has 2 heterocycles. The molecule has 7 heteroatoms. The fourth-order valence-corrected chi connectivity index (χ4v) is 4.58. The van der Waals surface area contributed by atoms with Crippen LogP contribution in [0.2, 0.25) is 0 Å². The Bertz CT molecular complexity index is 962. The number of aliphatic hydroxyl groups excluding tert-OH is 1. The van der Waals surface area contributed by atoms with Crippen molar-refractivity contribution in [3.05, 3.63) is 58.8 Å². The lowest BCUT2D eigenvalue weighted by molar-refractivity contribution is -0.161. The minimum atomic E-state index is -1.32. The van der Waals surface area contributed by atoms with Crippen LogP contribution in [0.15, 0.2) is 36.4 Å². The number of aliphatic carboxylic acids is 1. The summed E-state index contributed by atoms with van der Waals surface area (Å²) in [5, 5.41) is 20.8. The molecule has 2 N–H and O–H groups in total. The normalized spacial score (nSPS) is 23.1. The van der Waals surface area contributed by atoms with Crippen molar-refractivity contribution in [2.24, 2.45) is 5.41 Å². The van der Waals surface area contributed by atoms with Crippen LogP contribution in [0.1, 0.15) is 40.0 Å². The molecule has 158 valence electrons. The molecule has 30 heavy (non-hydrogen) atoms. The topological polar surface area (TPSA) is 100.0 Å². The van der Waals surface area contributed by atoms with Crippen molar-refractivity contribution in [3.8, 4) is 5.88 Å². The lowest BCUT2D eigenvalue weighted by Gasteiger charge is -2.43. The number of aromatic nitrogens is 1. The van der Waals surface area contributed by atoms with E-state index < -0.39 is 17.5 Å². The molecule has 1 aliphatic carbocycles. The van der Waals surface area contributed by atoms with Gasteiger partial charge in [0.2, 0.25) is 5.88 Å². The highest BCUT2D eigenvalue weighted by Gasteiger charge is 2.49. The van der Waals surface area contributed by atoms with E-state index in [1.54, 1.807) is 0 Å². The number of aliphatic hydroxyl groups is 1. The van der Waals surface area contributed by atoms with Crippen LogP contribution >= 0.6 is 0 Å². The van der Waals surface area contributed by atoms with Gasteiger partial charge in [-0.3, -0.25) is 9.59 Å². The maximum atomic E-state index is 13.2. The molecule has 2 aliphatic rings. The average Bonchev–Trinajstić information content (AvgIpc) is 3.21. The van der Waals surface area contributed by atoms with Crippen LogP contribution in [0.4, 0.5) is 0 Å². The third-order valence-corrected chi connectivity index (χ3v) is 6.37. The molecular formula is C23H26N2O5. The number of carbonyl (C=O) groups is 2. The van der Waals surface area contributed by atoms with E-state index in [4.69, 9.17) is 4.74 Å². The minimum Gasteiger partial charge on any atom is -0.481 e. The first-order chi connectivity index (χ1) is 14.4. The number of pyridine rings is 1. The Kier molecular flexibility index (Phi) is 5.47. The summed E-state index contributed by atoms with van der Waals surface area (Å²) in [5.41, 5.74) is 1.92. The molecule has 1 aromatic carbocycles. The molecule has 1 fully saturated rings. The van der Waals surface area contributed by atoms with Crippen molar-refractivity contribution in [2.75, 3.05) is 20.2 Å². The number of benzene rings is 1. The largest absolute Gasteiger partial charge is 0.481 e. The Morgan fingerprint density at radius 1 is 1.27 bits per heavy atom. The predicted octanol–water partition coefficient (Wildman–Crippen LogP) is 2.10. The Hall–Kier alpha value is -2.93. The van der Waals surface area contributed by atoms with Crippen LogP contribution in [0.25, 0.3) is 0 Å². The molecule has 4 rings (SSSR count). The summed E-state index contributed by atoms with van der Waals surface area (Å²) in [5.74, 6) is -1.04. The van der Waals surface area contributed by atoms with Crippen LogP contribution in [0.5, 0.6) is 5.88 Å². The predicted molar refractivity (Wildman–Crippen MR) is 110 cm³/mol. The van der Waals surface area contributed by atoms with Crippen LogP contribution in [-0.2, 0) is 24.1 Å². The van der Waals surface area contributed by atoms with Gasteiger partial charge in [0.1, 0.15) is 11.0 Å². The van der Waals surface area contributed by atoms with Gasteiger partial charge in [-0.25, -0.2) is 4.98 Å². The number of carboxylic acid groups (broad SMARTS) is 1. The summed E-state index contributed by atoms with van der Waals surface area (Å²) in [6.45, 7) is 0.202.